The summed E-state index contributed by atoms with van der Waals surface area (Å²) in [6, 6.07) is 9.08. The Labute approximate surface area is 175 Å². The van der Waals surface area contributed by atoms with E-state index in [4.69, 9.17) is 0 Å². The number of nitro benzene ring substituents is 1. The zero-order valence-corrected chi connectivity index (χ0v) is 17.4. The fourth-order valence-corrected chi connectivity index (χ4v) is 5.54. The number of fused-ring (bicyclic) bond motifs is 1. The third-order valence-corrected chi connectivity index (χ3v) is 7.74. The zero-order chi connectivity index (χ0) is 21.5. The van der Waals surface area contributed by atoms with Gasteiger partial charge in [-0.15, -0.1) is 0 Å². The van der Waals surface area contributed by atoms with Crippen molar-refractivity contribution in [1.82, 2.24) is 9.21 Å². The monoisotopic (exact) mass is 432 g/mol. The van der Waals surface area contributed by atoms with Gasteiger partial charge in [-0.05, 0) is 49.2 Å². The summed E-state index contributed by atoms with van der Waals surface area (Å²) in [6.45, 7) is 1.95. The highest BCUT2D eigenvalue weighted by Gasteiger charge is 2.31. The van der Waals surface area contributed by atoms with Gasteiger partial charge in [-0.25, -0.2) is 8.42 Å². The number of rotatable bonds is 5. The molecule has 2 aromatic carbocycles. The summed E-state index contributed by atoms with van der Waals surface area (Å²) in [7, 11) is -1.87. The second-order valence-electron chi connectivity index (χ2n) is 7.72. The highest BCUT2D eigenvalue weighted by atomic mass is 32.2. The maximum atomic E-state index is 13.0. The molecule has 0 aromatic heterocycles. The smallest absolute Gasteiger partial charge is 0.293 e. The molecule has 0 bridgehead atoms. The van der Waals surface area contributed by atoms with Gasteiger partial charge in [-0.3, -0.25) is 10.1 Å². The van der Waals surface area contributed by atoms with Crippen LogP contribution in [0.2, 0.25) is 0 Å². The summed E-state index contributed by atoms with van der Waals surface area (Å²) < 4.78 is 27.3. The van der Waals surface area contributed by atoms with Crippen molar-refractivity contribution in [3.8, 4) is 5.75 Å². The molecular weight excluding hydrogens is 408 g/mol. The van der Waals surface area contributed by atoms with E-state index in [2.05, 4.69) is 5.32 Å². The van der Waals surface area contributed by atoms with E-state index in [0.29, 0.717) is 39.0 Å². The van der Waals surface area contributed by atoms with E-state index in [0.717, 1.165) is 17.2 Å². The number of phenols is 1. The van der Waals surface area contributed by atoms with Gasteiger partial charge in [0.1, 0.15) is 11.4 Å². The largest absolute Gasteiger partial charge is 0.508 e. The van der Waals surface area contributed by atoms with E-state index in [1.807, 2.05) is 18.0 Å². The predicted octanol–water partition coefficient (Wildman–Crippen LogP) is 2.34. The summed E-state index contributed by atoms with van der Waals surface area (Å²) in [5.41, 5.74) is 1.72. The van der Waals surface area contributed by atoms with Gasteiger partial charge in [-0.1, -0.05) is 12.1 Å². The molecule has 160 valence electrons. The Morgan fingerprint density at radius 3 is 2.60 bits per heavy atom. The number of hydrogen-bond donors (Lipinski definition) is 2. The van der Waals surface area contributed by atoms with Gasteiger partial charge in [0, 0.05) is 32.2 Å². The second kappa shape index (κ2) is 7.86. The number of aromatic hydroxyl groups is 1. The van der Waals surface area contributed by atoms with Crippen LogP contribution in [0, 0.1) is 10.1 Å². The van der Waals surface area contributed by atoms with Crippen LogP contribution in [0.5, 0.6) is 5.75 Å². The van der Waals surface area contributed by atoms with Crippen LogP contribution in [0.25, 0.3) is 0 Å². The van der Waals surface area contributed by atoms with E-state index >= 15 is 0 Å². The molecule has 2 N–H and O–H groups in total. The standard InChI is InChI=1S/C20H24N4O5S/c1-22-9-11-23(12-10-22)30(28,29)14-5-7-18(19(13-14)24(26)27)21-17-8-6-16-15(17)3-2-4-20(16)25/h2-5,7,13,17,21,25H,6,8-12H2,1H3/t17-/m1/s1. The molecule has 1 saturated heterocycles. The lowest BCUT2D eigenvalue weighted by molar-refractivity contribution is -0.384. The Kier molecular flexibility index (Phi) is 5.39. The molecule has 1 aliphatic carbocycles. The minimum Gasteiger partial charge on any atom is -0.508 e. The van der Waals surface area contributed by atoms with Crippen molar-refractivity contribution < 1.29 is 18.4 Å². The van der Waals surface area contributed by atoms with Gasteiger partial charge in [-0.2, -0.15) is 4.31 Å². The molecule has 0 unspecified atom stereocenters. The van der Waals surface area contributed by atoms with Crippen molar-refractivity contribution in [1.29, 1.82) is 0 Å². The molecule has 10 heteroatoms. The molecule has 30 heavy (non-hydrogen) atoms. The molecular formula is C20H24N4O5S. The number of piperazine rings is 1. The molecule has 0 spiro atoms. The third kappa shape index (κ3) is 3.73. The Morgan fingerprint density at radius 1 is 1.17 bits per heavy atom. The first-order valence-electron chi connectivity index (χ1n) is 9.82. The molecule has 0 amide bonds. The van der Waals surface area contributed by atoms with Gasteiger partial charge in [0.2, 0.25) is 10.0 Å². The molecule has 1 aliphatic heterocycles. The summed E-state index contributed by atoms with van der Waals surface area (Å²) >= 11 is 0. The molecule has 1 heterocycles. The van der Waals surface area contributed by atoms with Crippen molar-refractivity contribution in [2.75, 3.05) is 38.5 Å². The number of likely N-dealkylation sites (N-methyl/N-ethyl adjacent to an activating group) is 1. The van der Waals surface area contributed by atoms with Crippen LogP contribution < -0.4 is 5.32 Å². The molecule has 0 saturated carbocycles. The first kappa shape index (κ1) is 20.6. The normalized spacial score (nSPS) is 20.1. The lowest BCUT2D eigenvalue weighted by Crippen LogP contribution is -2.47. The molecule has 1 fully saturated rings. The van der Waals surface area contributed by atoms with Gasteiger partial charge in [0.15, 0.2) is 0 Å². The zero-order valence-electron chi connectivity index (χ0n) is 16.6. The number of anilines is 1. The fraction of sp³-hybridized carbons (Fsp3) is 0.400. The number of nitro groups is 1. The molecule has 9 nitrogen and oxygen atoms in total. The first-order valence-corrected chi connectivity index (χ1v) is 11.3. The summed E-state index contributed by atoms with van der Waals surface area (Å²) in [4.78, 5) is 13.1. The number of nitrogens with zero attached hydrogens (tertiary/aromatic N) is 3. The maximum absolute atomic E-state index is 13.0. The van der Waals surface area contributed by atoms with E-state index in [-0.39, 0.29) is 28.1 Å². The van der Waals surface area contributed by atoms with E-state index in [1.54, 1.807) is 12.1 Å². The van der Waals surface area contributed by atoms with Crippen molar-refractivity contribution in [2.24, 2.45) is 0 Å². The Balaban J connectivity index is 1.62. The average molecular weight is 433 g/mol. The summed E-state index contributed by atoms with van der Waals surface area (Å²) in [6.07, 6.45) is 1.36. The quantitative estimate of drug-likeness (QED) is 0.550. The fourth-order valence-electron chi connectivity index (χ4n) is 4.10. The second-order valence-corrected chi connectivity index (χ2v) is 9.66. The van der Waals surface area contributed by atoms with Crippen LogP contribution in [0.15, 0.2) is 41.3 Å². The van der Waals surface area contributed by atoms with Crippen LogP contribution >= 0.6 is 0 Å². The minimum atomic E-state index is -3.80. The SMILES string of the molecule is CN1CCN(S(=O)(=O)c2ccc(N[C@@H]3CCc4c(O)cccc43)c([N+](=O)[O-])c2)CC1. The lowest BCUT2D eigenvalue weighted by Gasteiger charge is -2.31. The summed E-state index contributed by atoms with van der Waals surface area (Å²) in [5, 5.41) is 24.9. The van der Waals surface area contributed by atoms with E-state index in [1.165, 1.54) is 16.4 Å². The van der Waals surface area contributed by atoms with Crippen LogP contribution in [-0.4, -0.2) is 60.9 Å². The third-order valence-electron chi connectivity index (χ3n) is 5.84. The minimum absolute atomic E-state index is 0.0752. The van der Waals surface area contributed by atoms with E-state index in [9.17, 15) is 23.6 Å². The number of phenolic OH excluding ortho intramolecular Hbond substituents is 1. The van der Waals surface area contributed by atoms with Gasteiger partial charge in [0.25, 0.3) is 5.69 Å². The number of sulfonamides is 1. The van der Waals surface area contributed by atoms with Gasteiger partial charge < -0.3 is 15.3 Å². The molecule has 0 radical (unpaired) electrons. The van der Waals surface area contributed by atoms with Crippen molar-refractivity contribution in [2.45, 2.75) is 23.8 Å². The average Bonchev–Trinajstić information content (AvgIpc) is 3.12. The molecule has 4 rings (SSSR count). The topological polar surface area (TPSA) is 116 Å². The van der Waals surface area contributed by atoms with Crippen molar-refractivity contribution >= 4 is 21.4 Å². The maximum Gasteiger partial charge on any atom is 0.293 e. The Hall–Kier alpha value is -2.69. The van der Waals surface area contributed by atoms with Gasteiger partial charge in [0.05, 0.1) is 15.9 Å². The molecule has 2 aliphatic rings. The molecule has 1 atom stereocenters. The first-order chi connectivity index (χ1) is 14.3. The summed E-state index contributed by atoms with van der Waals surface area (Å²) in [5.74, 6) is 0.222. The van der Waals surface area contributed by atoms with Crippen molar-refractivity contribution in [3.63, 3.8) is 0 Å². The van der Waals surface area contributed by atoms with Gasteiger partial charge >= 0.3 is 0 Å². The lowest BCUT2D eigenvalue weighted by atomic mass is 10.1. The highest BCUT2D eigenvalue weighted by molar-refractivity contribution is 7.89. The Bertz CT molecular complexity index is 1080. The van der Waals surface area contributed by atoms with Crippen LogP contribution in [0.1, 0.15) is 23.6 Å². The van der Waals surface area contributed by atoms with Crippen LogP contribution in [0.4, 0.5) is 11.4 Å². The molecule has 2 aromatic rings. The highest BCUT2D eigenvalue weighted by Crippen LogP contribution is 2.40. The van der Waals surface area contributed by atoms with Crippen molar-refractivity contribution in [3.05, 3.63) is 57.6 Å². The van der Waals surface area contributed by atoms with Crippen LogP contribution in [0.3, 0.4) is 0 Å². The van der Waals surface area contributed by atoms with E-state index < -0.39 is 14.9 Å². The number of nitrogens with one attached hydrogen (secondary N) is 1. The van der Waals surface area contributed by atoms with Crippen LogP contribution in [-0.2, 0) is 16.4 Å². The number of benzene rings is 2. The number of hydrogen-bond acceptors (Lipinski definition) is 7. The Morgan fingerprint density at radius 2 is 1.90 bits per heavy atom. The predicted molar refractivity (Wildman–Crippen MR) is 112 cm³/mol.